The van der Waals surface area contributed by atoms with Crippen LogP contribution in [0, 0.1) is 5.92 Å². The van der Waals surface area contributed by atoms with Crippen molar-refractivity contribution in [1.29, 1.82) is 0 Å². The van der Waals surface area contributed by atoms with E-state index in [1.807, 2.05) is 11.7 Å². The molecule has 110 valence electrons. The molecule has 0 spiro atoms. The van der Waals surface area contributed by atoms with Gasteiger partial charge in [-0.3, -0.25) is 14.4 Å². The van der Waals surface area contributed by atoms with Crippen LogP contribution in [0.4, 0.5) is 0 Å². The van der Waals surface area contributed by atoms with Crippen LogP contribution in [0.15, 0.2) is 4.47 Å². The fraction of sp³-hybridized carbons (Fsp3) is 0.714. The lowest BCUT2D eigenvalue weighted by atomic mass is 9.91. The topological polar surface area (TPSA) is 50.2 Å². The predicted molar refractivity (Wildman–Crippen MR) is 80.2 cm³/mol. The molecule has 2 saturated heterocycles. The minimum absolute atomic E-state index is 0.182. The first-order valence-corrected chi connectivity index (χ1v) is 8.13. The second-order valence-corrected chi connectivity index (χ2v) is 6.51. The van der Waals surface area contributed by atoms with Crippen LogP contribution in [0.1, 0.15) is 31.2 Å². The predicted octanol–water partition coefficient (Wildman–Crippen LogP) is 1.46. The molecule has 2 atom stereocenters. The van der Waals surface area contributed by atoms with E-state index in [1.165, 1.54) is 5.69 Å². The number of amides is 1. The number of halogens is 1. The highest BCUT2D eigenvalue weighted by molar-refractivity contribution is 9.10. The molecule has 5 nitrogen and oxygen atoms in total. The number of aromatic nitrogens is 2. The maximum atomic E-state index is 11.8. The number of carbonyl (C=O) groups is 1. The first kappa shape index (κ1) is 14.1. The number of carbonyl (C=O) groups excluding carboxylic acids is 1. The molecular formula is C14H21BrN4O. The van der Waals surface area contributed by atoms with E-state index < -0.39 is 0 Å². The lowest BCUT2D eigenvalue weighted by Crippen LogP contribution is -2.45. The van der Waals surface area contributed by atoms with E-state index in [-0.39, 0.29) is 11.8 Å². The van der Waals surface area contributed by atoms with E-state index in [1.54, 1.807) is 0 Å². The van der Waals surface area contributed by atoms with Gasteiger partial charge in [-0.05, 0) is 41.7 Å². The molecule has 6 heteroatoms. The molecule has 1 amide bonds. The second-order valence-electron chi connectivity index (χ2n) is 5.72. The van der Waals surface area contributed by atoms with E-state index in [0.717, 1.165) is 49.1 Å². The number of rotatable bonds is 3. The summed E-state index contributed by atoms with van der Waals surface area (Å²) in [4.78, 5) is 14.3. The zero-order chi connectivity index (χ0) is 14.3. The van der Waals surface area contributed by atoms with Crippen LogP contribution in [-0.4, -0.2) is 39.7 Å². The number of aryl methyl sites for hydroxylation is 2. The zero-order valence-corrected chi connectivity index (χ0v) is 13.6. The Hall–Kier alpha value is -0.880. The summed E-state index contributed by atoms with van der Waals surface area (Å²) >= 11 is 3.68. The van der Waals surface area contributed by atoms with E-state index in [0.29, 0.717) is 6.04 Å². The van der Waals surface area contributed by atoms with Crippen LogP contribution < -0.4 is 5.32 Å². The summed E-state index contributed by atoms with van der Waals surface area (Å²) in [6.07, 6.45) is 3.06. The first-order chi connectivity index (χ1) is 9.61. The minimum atomic E-state index is 0.182. The monoisotopic (exact) mass is 340 g/mol. The number of hydrogen-bond acceptors (Lipinski definition) is 3. The second kappa shape index (κ2) is 5.48. The van der Waals surface area contributed by atoms with Crippen molar-refractivity contribution in [3.63, 3.8) is 0 Å². The van der Waals surface area contributed by atoms with Crippen LogP contribution in [-0.2, 0) is 24.8 Å². The molecule has 0 aliphatic carbocycles. The van der Waals surface area contributed by atoms with Gasteiger partial charge >= 0.3 is 0 Å². The van der Waals surface area contributed by atoms with Crippen molar-refractivity contribution >= 4 is 21.8 Å². The number of nitrogens with zero attached hydrogens (tertiary/aromatic N) is 3. The quantitative estimate of drug-likeness (QED) is 0.906. The Labute approximate surface area is 127 Å². The standard InChI is InChI=1S/C14H21BrN4O/c1-3-10-13(15)12(18(2)17-10)8-19-6-4-5-9-11(19)7-16-14(9)20/h9,11H,3-8H2,1-2H3,(H,16,20). The molecule has 1 aromatic heterocycles. The normalized spacial score (nSPS) is 26.6. The highest BCUT2D eigenvalue weighted by Gasteiger charge is 2.40. The molecule has 2 aliphatic heterocycles. The van der Waals surface area contributed by atoms with Gasteiger partial charge in [0.15, 0.2) is 0 Å². The maximum Gasteiger partial charge on any atom is 0.224 e. The van der Waals surface area contributed by atoms with Crippen molar-refractivity contribution in [2.24, 2.45) is 13.0 Å². The van der Waals surface area contributed by atoms with E-state index in [9.17, 15) is 4.79 Å². The van der Waals surface area contributed by atoms with Crippen LogP contribution in [0.2, 0.25) is 0 Å². The number of likely N-dealkylation sites (tertiary alicyclic amines) is 1. The van der Waals surface area contributed by atoms with Crippen molar-refractivity contribution in [2.75, 3.05) is 13.1 Å². The fourth-order valence-electron chi connectivity index (χ4n) is 3.42. The van der Waals surface area contributed by atoms with Gasteiger partial charge in [-0.15, -0.1) is 0 Å². The van der Waals surface area contributed by atoms with Crippen LogP contribution in [0.3, 0.4) is 0 Å². The van der Waals surface area contributed by atoms with E-state index in [4.69, 9.17) is 0 Å². The Morgan fingerprint density at radius 1 is 1.50 bits per heavy atom. The largest absolute Gasteiger partial charge is 0.354 e. The maximum absolute atomic E-state index is 11.8. The summed E-state index contributed by atoms with van der Waals surface area (Å²) in [5, 5.41) is 7.56. The Bertz CT molecular complexity index is 527. The molecule has 20 heavy (non-hydrogen) atoms. The molecule has 1 aromatic rings. The van der Waals surface area contributed by atoms with Gasteiger partial charge in [0.1, 0.15) is 0 Å². The van der Waals surface area contributed by atoms with Gasteiger partial charge < -0.3 is 5.32 Å². The van der Waals surface area contributed by atoms with Gasteiger partial charge in [0.25, 0.3) is 0 Å². The summed E-state index contributed by atoms with van der Waals surface area (Å²) in [7, 11) is 2.00. The number of nitrogens with one attached hydrogen (secondary N) is 1. The van der Waals surface area contributed by atoms with Gasteiger partial charge in [-0.1, -0.05) is 6.92 Å². The van der Waals surface area contributed by atoms with Crippen molar-refractivity contribution < 1.29 is 4.79 Å². The zero-order valence-electron chi connectivity index (χ0n) is 12.0. The van der Waals surface area contributed by atoms with E-state index >= 15 is 0 Å². The summed E-state index contributed by atoms with van der Waals surface area (Å²) in [6, 6.07) is 0.350. The van der Waals surface area contributed by atoms with Crippen LogP contribution >= 0.6 is 15.9 Å². The first-order valence-electron chi connectivity index (χ1n) is 7.33. The van der Waals surface area contributed by atoms with Gasteiger partial charge in [0.2, 0.25) is 5.91 Å². The fourth-order valence-corrected chi connectivity index (χ4v) is 4.16. The SMILES string of the molecule is CCc1nn(C)c(CN2CCCC3C(=O)NCC32)c1Br. The lowest BCUT2D eigenvalue weighted by Gasteiger charge is -2.35. The summed E-state index contributed by atoms with van der Waals surface area (Å²) < 4.78 is 3.10. The molecule has 0 saturated carbocycles. The molecule has 0 aromatic carbocycles. The molecule has 0 radical (unpaired) electrons. The summed E-state index contributed by atoms with van der Waals surface area (Å²) in [5.41, 5.74) is 2.32. The Morgan fingerprint density at radius 2 is 2.30 bits per heavy atom. The molecule has 2 aliphatic rings. The van der Waals surface area contributed by atoms with E-state index in [2.05, 4.69) is 38.2 Å². The van der Waals surface area contributed by atoms with Crippen molar-refractivity contribution in [3.05, 3.63) is 15.9 Å². The van der Waals surface area contributed by atoms with Gasteiger partial charge in [0, 0.05) is 26.2 Å². The minimum Gasteiger partial charge on any atom is -0.354 e. The molecule has 2 fully saturated rings. The average Bonchev–Trinajstić information content (AvgIpc) is 2.95. The van der Waals surface area contributed by atoms with Crippen molar-refractivity contribution in [1.82, 2.24) is 20.0 Å². The highest BCUT2D eigenvalue weighted by Crippen LogP contribution is 2.30. The molecular weight excluding hydrogens is 320 g/mol. The average molecular weight is 341 g/mol. The van der Waals surface area contributed by atoms with Gasteiger partial charge in [-0.25, -0.2) is 0 Å². The van der Waals surface area contributed by atoms with Crippen molar-refractivity contribution in [3.8, 4) is 0 Å². The molecule has 3 rings (SSSR count). The Balaban J connectivity index is 1.81. The van der Waals surface area contributed by atoms with Gasteiger partial charge in [-0.2, -0.15) is 5.10 Å². The third-order valence-corrected chi connectivity index (χ3v) is 5.49. The van der Waals surface area contributed by atoms with Gasteiger partial charge in [0.05, 0.1) is 21.8 Å². The summed E-state index contributed by atoms with van der Waals surface area (Å²) in [6.45, 7) is 4.84. The smallest absolute Gasteiger partial charge is 0.224 e. The number of piperidine rings is 1. The molecule has 1 N–H and O–H groups in total. The third kappa shape index (κ3) is 2.29. The molecule has 0 bridgehead atoms. The van der Waals surface area contributed by atoms with Crippen molar-refractivity contribution in [2.45, 2.75) is 38.8 Å². The third-order valence-electron chi connectivity index (χ3n) is 4.57. The Morgan fingerprint density at radius 3 is 3.00 bits per heavy atom. The van der Waals surface area contributed by atoms with Crippen LogP contribution in [0.25, 0.3) is 0 Å². The number of fused-ring (bicyclic) bond motifs is 1. The molecule has 3 heterocycles. The Kier molecular flexibility index (Phi) is 3.86. The number of hydrogen-bond donors (Lipinski definition) is 1. The van der Waals surface area contributed by atoms with Crippen LogP contribution in [0.5, 0.6) is 0 Å². The lowest BCUT2D eigenvalue weighted by molar-refractivity contribution is -0.124. The highest BCUT2D eigenvalue weighted by atomic mass is 79.9. The summed E-state index contributed by atoms with van der Waals surface area (Å²) in [5.74, 6) is 0.416. The molecule has 2 unspecified atom stereocenters.